The Morgan fingerprint density at radius 2 is 1.27 bits per heavy atom. The van der Waals surface area contributed by atoms with Crippen LogP contribution in [-0.4, -0.2) is 16.0 Å². The van der Waals surface area contributed by atoms with Crippen LogP contribution in [0.4, 0.5) is 0 Å². The van der Waals surface area contributed by atoms with E-state index in [0.29, 0.717) is 0 Å². The summed E-state index contributed by atoms with van der Waals surface area (Å²) in [7, 11) is 0. The van der Waals surface area contributed by atoms with Gasteiger partial charge in [-0.2, -0.15) is 0 Å². The summed E-state index contributed by atoms with van der Waals surface area (Å²) in [5, 5.41) is 0. The fraction of sp³-hybridized carbons (Fsp3) is 0.261. The second kappa shape index (κ2) is 9.16. The van der Waals surface area contributed by atoms with E-state index in [0.717, 1.165) is 25.4 Å². The smallest absolute Gasteiger partial charge is 0.119 e. The molecule has 134 valence electrons. The van der Waals surface area contributed by atoms with Gasteiger partial charge in [-0.3, -0.25) is 9.88 Å². The predicted molar refractivity (Wildman–Crippen MR) is 106 cm³/mol. The molecule has 0 fully saturated rings. The molecule has 0 amide bonds. The minimum Gasteiger partial charge on any atom is -0.491 e. The van der Waals surface area contributed by atoms with Crippen LogP contribution in [0.2, 0.25) is 0 Å². The quantitative estimate of drug-likeness (QED) is 0.569. The fourth-order valence-electron chi connectivity index (χ4n) is 2.96. The van der Waals surface area contributed by atoms with E-state index in [9.17, 15) is 0 Å². The van der Waals surface area contributed by atoms with Crippen molar-refractivity contribution >= 4 is 0 Å². The van der Waals surface area contributed by atoms with Crippen molar-refractivity contribution in [3.8, 4) is 5.75 Å². The predicted octanol–water partition coefficient (Wildman–Crippen LogP) is 5.07. The summed E-state index contributed by atoms with van der Waals surface area (Å²) in [6.07, 6.45) is 3.91. The lowest BCUT2D eigenvalue weighted by Crippen LogP contribution is -2.22. The Kier molecular flexibility index (Phi) is 6.39. The summed E-state index contributed by atoms with van der Waals surface area (Å²) in [4.78, 5) is 6.57. The molecule has 2 aromatic carbocycles. The summed E-state index contributed by atoms with van der Waals surface area (Å²) in [5.74, 6) is 0.924. The van der Waals surface area contributed by atoms with E-state index in [1.807, 2.05) is 26.2 Å². The SMILES string of the molecule is CC(C)Oc1ccc(CN(Cc2ccccc2)Cc2ccncc2)cc1. The minimum absolute atomic E-state index is 0.196. The van der Waals surface area contributed by atoms with Gasteiger partial charge in [0.15, 0.2) is 0 Å². The molecule has 0 spiro atoms. The standard InChI is InChI=1S/C23H26N2O/c1-19(2)26-23-10-8-21(9-11-23)17-25(16-20-6-4-3-5-7-20)18-22-12-14-24-15-13-22/h3-15,19H,16-18H2,1-2H3. The van der Waals surface area contributed by atoms with Crippen LogP contribution in [0.15, 0.2) is 79.1 Å². The van der Waals surface area contributed by atoms with Crippen molar-refractivity contribution < 1.29 is 4.74 Å². The fourth-order valence-corrected chi connectivity index (χ4v) is 2.96. The topological polar surface area (TPSA) is 25.4 Å². The summed E-state index contributed by atoms with van der Waals surface area (Å²) >= 11 is 0. The lowest BCUT2D eigenvalue weighted by molar-refractivity contribution is 0.240. The second-order valence-corrected chi connectivity index (χ2v) is 6.80. The highest BCUT2D eigenvalue weighted by molar-refractivity contribution is 5.27. The molecule has 1 aromatic heterocycles. The van der Waals surface area contributed by atoms with E-state index in [-0.39, 0.29) is 6.10 Å². The molecule has 0 radical (unpaired) electrons. The van der Waals surface area contributed by atoms with Crippen LogP contribution in [0, 0.1) is 0 Å². The zero-order valence-electron chi connectivity index (χ0n) is 15.5. The van der Waals surface area contributed by atoms with Crippen LogP contribution >= 0.6 is 0 Å². The average molecular weight is 346 g/mol. The molecule has 0 saturated carbocycles. The molecule has 0 atom stereocenters. The third kappa shape index (κ3) is 5.71. The summed E-state index contributed by atoms with van der Waals surface area (Å²) < 4.78 is 5.74. The largest absolute Gasteiger partial charge is 0.491 e. The summed E-state index contributed by atoms with van der Waals surface area (Å²) in [6.45, 7) is 6.78. The Bertz CT molecular complexity index is 729. The highest BCUT2D eigenvalue weighted by Gasteiger charge is 2.09. The third-order valence-electron chi connectivity index (χ3n) is 4.11. The first-order valence-electron chi connectivity index (χ1n) is 9.10. The normalized spacial score (nSPS) is 11.1. The summed E-state index contributed by atoms with van der Waals surface area (Å²) in [5.41, 5.74) is 3.88. The molecule has 3 aromatic rings. The van der Waals surface area contributed by atoms with Gasteiger partial charge in [0, 0.05) is 32.0 Å². The van der Waals surface area contributed by atoms with Crippen molar-refractivity contribution in [3.63, 3.8) is 0 Å². The molecule has 0 aliphatic rings. The number of rotatable bonds is 8. The van der Waals surface area contributed by atoms with Crippen LogP contribution in [-0.2, 0) is 19.6 Å². The van der Waals surface area contributed by atoms with Crippen molar-refractivity contribution in [2.45, 2.75) is 39.6 Å². The first-order valence-corrected chi connectivity index (χ1v) is 9.10. The van der Waals surface area contributed by atoms with Gasteiger partial charge in [0.05, 0.1) is 6.10 Å². The Hall–Kier alpha value is -2.65. The van der Waals surface area contributed by atoms with Crippen LogP contribution < -0.4 is 4.74 Å². The van der Waals surface area contributed by atoms with Gasteiger partial charge in [0.1, 0.15) is 5.75 Å². The average Bonchev–Trinajstić information content (AvgIpc) is 2.64. The van der Waals surface area contributed by atoms with Gasteiger partial charge in [-0.25, -0.2) is 0 Å². The number of benzene rings is 2. The number of nitrogens with zero attached hydrogens (tertiary/aromatic N) is 2. The van der Waals surface area contributed by atoms with Gasteiger partial charge >= 0.3 is 0 Å². The van der Waals surface area contributed by atoms with Crippen molar-refractivity contribution in [2.24, 2.45) is 0 Å². The van der Waals surface area contributed by atoms with E-state index in [4.69, 9.17) is 4.74 Å². The molecule has 26 heavy (non-hydrogen) atoms. The molecule has 0 N–H and O–H groups in total. The Labute approximate surface area is 156 Å². The maximum absolute atomic E-state index is 5.74. The van der Waals surface area contributed by atoms with Gasteiger partial charge in [0.2, 0.25) is 0 Å². The molecule has 0 saturated heterocycles. The number of hydrogen-bond acceptors (Lipinski definition) is 3. The zero-order chi connectivity index (χ0) is 18.2. The van der Waals surface area contributed by atoms with Gasteiger partial charge in [-0.1, -0.05) is 42.5 Å². The Morgan fingerprint density at radius 3 is 1.85 bits per heavy atom. The molecule has 1 heterocycles. The first kappa shape index (κ1) is 18.2. The van der Waals surface area contributed by atoms with Crippen LogP contribution in [0.3, 0.4) is 0 Å². The maximum atomic E-state index is 5.74. The van der Waals surface area contributed by atoms with Gasteiger partial charge in [0.25, 0.3) is 0 Å². The monoisotopic (exact) mass is 346 g/mol. The highest BCUT2D eigenvalue weighted by Crippen LogP contribution is 2.18. The molecular weight excluding hydrogens is 320 g/mol. The first-order chi connectivity index (χ1) is 12.7. The number of ether oxygens (including phenoxy) is 1. The van der Waals surface area contributed by atoms with Crippen molar-refractivity contribution in [2.75, 3.05) is 0 Å². The van der Waals surface area contributed by atoms with Gasteiger partial charge in [-0.05, 0) is 54.8 Å². The lowest BCUT2D eigenvalue weighted by atomic mass is 10.1. The zero-order valence-corrected chi connectivity index (χ0v) is 15.5. The van der Waals surface area contributed by atoms with Crippen molar-refractivity contribution in [1.29, 1.82) is 0 Å². The van der Waals surface area contributed by atoms with E-state index < -0.39 is 0 Å². The molecule has 3 heteroatoms. The molecule has 3 nitrogen and oxygen atoms in total. The third-order valence-corrected chi connectivity index (χ3v) is 4.11. The van der Waals surface area contributed by atoms with Gasteiger partial charge < -0.3 is 4.74 Å². The second-order valence-electron chi connectivity index (χ2n) is 6.80. The van der Waals surface area contributed by atoms with Crippen LogP contribution in [0.5, 0.6) is 5.75 Å². The van der Waals surface area contributed by atoms with Crippen LogP contribution in [0.25, 0.3) is 0 Å². The maximum Gasteiger partial charge on any atom is 0.119 e. The van der Waals surface area contributed by atoms with E-state index in [2.05, 4.69) is 76.6 Å². The van der Waals surface area contributed by atoms with E-state index in [1.165, 1.54) is 16.7 Å². The van der Waals surface area contributed by atoms with E-state index >= 15 is 0 Å². The molecule has 0 aliphatic carbocycles. The number of hydrogen-bond donors (Lipinski definition) is 0. The minimum atomic E-state index is 0.196. The van der Waals surface area contributed by atoms with E-state index in [1.54, 1.807) is 0 Å². The lowest BCUT2D eigenvalue weighted by Gasteiger charge is -2.23. The molecule has 0 unspecified atom stereocenters. The number of pyridine rings is 1. The molecular formula is C23H26N2O. The Balaban J connectivity index is 1.72. The van der Waals surface area contributed by atoms with Crippen LogP contribution in [0.1, 0.15) is 30.5 Å². The highest BCUT2D eigenvalue weighted by atomic mass is 16.5. The molecule has 3 rings (SSSR count). The molecule has 0 aliphatic heterocycles. The molecule has 0 bridgehead atoms. The van der Waals surface area contributed by atoms with Crippen molar-refractivity contribution in [3.05, 3.63) is 95.8 Å². The van der Waals surface area contributed by atoms with Gasteiger partial charge in [-0.15, -0.1) is 0 Å². The number of aromatic nitrogens is 1. The Morgan fingerprint density at radius 1 is 0.731 bits per heavy atom. The van der Waals surface area contributed by atoms with Crippen molar-refractivity contribution in [1.82, 2.24) is 9.88 Å². The summed E-state index contributed by atoms with van der Waals surface area (Å²) in [6, 6.07) is 23.2.